The van der Waals surface area contributed by atoms with Crippen LogP contribution in [0.1, 0.15) is 0 Å². The molecule has 0 saturated heterocycles. The molecule has 160 valence electrons. The summed E-state index contributed by atoms with van der Waals surface area (Å²) in [5.74, 6) is 0. The van der Waals surface area contributed by atoms with Crippen LogP contribution in [-0.2, 0) is 20.0 Å². The lowest BCUT2D eigenvalue weighted by Gasteiger charge is -2.22. The van der Waals surface area contributed by atoms with Crippen molar-refractivity contribution in [1.29, 1.82) is 0 Å². The Bertz CT molecular complexity index is 1430. The van der Waals surface area contributed by atoms with Gasteiger partial charge in [0.05, 0.1) is 16.3 Å². The highest BCUT2D eigenvalue weighted by atomic mass is 35.5. The number of nitrogens with one attached hydrogen (secondary N) is 1. The molecule has 1 N–H and O–H groups in total. The van der Waals surface area contributed by atoms with Gasteiger partial charge in [-0.3, -0.25) is 9.03 Å². The van der Waals surface area contributed by atoms with E-state index >= 15 is 0 Å². The van der Waals surface area contributed by atoms with Crippen molar-refractivity contribution < 1.29 is 16.8 Å². The Labute approximate surface area is 189 Å². The third kappa shape index (κ3) is 4.27. The summed E-state index contributed by atoms with van der Waals surface area (Å²) in [6.07, 6.45) is 0. The van der Waals surface area contributed by atoms with Gasteiger partial charge in [0.2, 0.25) is 0 Å². The summed E-state index contributed by atoms with van der Waals surface area (Å²) < 4.78 is 56.7. The summed E-state index contributed by atoms with van der Waals surface area (Å²) >= 11 is 7.00. The maximum absolute atomic E-state index is 13.3. The SMILES string of the molecule is CN(c1ccccc1NS(=O)(=O)c1ccc(Cl)cc1)S(=O)(=O)c1cc2ccccc2s1. The number of halogens is 1. The van der Waals surface area contributed by atoms with Crippen molar-refractivity contribution in [1.82, 2.24) is 0 Å². The van der Waals surface area contributed by atoms with E-state index in [1.807, 2.05) is 24.3 Å². The zero-order chi connectivity index (χ0) is 22.2. The number of anilines is 2. The van der Waals surface area contributed by atoms with Crippen LogP contribution < -0.4 is 9.03 Å². The number of sulfonamides is 2. The standard InChI is InChI=1S/C21H17ClN2O4S3/c1-24(31(27,28)21-14-15-6-2-5-9-20(15)29-21)19-8-4-3-7-18(19)23-30(25,26)17-12-10-16(22)11-13-17/h2-14,23H,1H3. The molecule has 4 aromatic rings. The largest absolute Gasteiger partial charge is 0.277 e. The molecule has 0 bridgehead atoms. The van der Waals surface area contributed by atoms with Crippen LogP contribution in [0.2, 0.25) is 5.02 Å². The number of hydrogen-bond donors (Lipinski definition) is 1. The van der Waals surface area contributed by atoms with E-state index in [2.05, 4.69) is 4.72 Å². The molecule has 6 nitrogen and oxygen atoms in total. The minimum atomic E-state index is -3.94. The topological polar surface area (TPSA) is 83.6 Å². The first-order valence-electron chi connectivity index (χ1n) is 9.03. The summed E-state index contributed by atoms with van der Waals surface area (Å²) in [5.41, 5.74) is 0.349. The summed E-state index contributed by atoms with van der Waals surface area (Å²) in [4.78, 5) is 0.0155. The van der Waals surface area contributed by atoms with Gasteiger partial charge >= 0.3 is 0 Å². The molecule has 3 aromatic carbocycles. The highest BCUT2D eigenvalue weighted by Gasteiger charge is 2.26. The number of para-hydroxylation sites is 2. The van der Waals surface area contributed by atoms with Crippen LogP contribution in [0.5, 0.6) is 0 Å². The zero-order valence-corrected chi connectivity index (χ0v) is 19.4. The summed E-state index contributed by atoms with van der Waals surface area (Å²) in [5, 5.41) is 1.24. The van der Waals surface area contributed by atoms with Crippen LogP contribution in [0.4, 0.5) is 11.4 Å². The normalized spacial score (nSPS) is 12.1. The molecular formula is C21H17ClN2O4S3. The van der Waals surface area contributed by atoms with Crippen molar-refractivity contribution in [2.75, 3.05) is 16.1 Å². The van der Waals surface area contributed by atoms with E-state index in [-0.39, 0.29) is 20.5 Å². The van der Waals surface area contributed by atoms with Gasteiger partial charge in [0, 0.05) is 16.8 Å². The lowest BCUT2D eigenvalue weighted by atomic mass is 10.3. The minimum Gasteiger partial charge on any atom is -0.277 e. The van der Waals surface area contributed by atoms with E-state index < -0.39 is 20.0 Å². The van der Waals surface area contributed by atoms with E-state index in [0.717, 1.165) is 25.7 Å². The first-order valence-corrected chi connectivity index (χ1v) is 13.2. The fourth-order valence-electron chi connectivity index (χ4n) is 3.00. The smallest absolute Gasteiger partial charge is 0.273 e. The number of hydrogen-bond acceptors (Lipinski definition) is 5. The second-order valence-electron chi connectivity index (χ2n) is 6.65. The molecular weight excluding hydrogens is 476 g/mol. The summed E-state index contributed by atoms with van der Waals surface area (Å²) in [6, 6.07) is 21.0. The number of thiophene rings is 1. The summed E-state index contributed by atoms with van der Waals surface area (Å²) in [6.45, 7) is 0. The van der Waals surface area contributed by atoms with Crippen molar-refractivity contribution in [3.8, 4) is 0 Å². The van der Waals surface area contributed by atoms with Crippen LogP contribution in [0.25, 0.3) is 10.1 Å². The minimum absolute atomic E-state index is 0.0155. The van der Waals surface area contributed by atoms with Crippen molar-refractivity contribution in [3.05, 3.63) is 83.9 Å². The van der Waals surface area contributed by atoms with Crippen LogP contribution in [-0.4, -0.2) is 23.9 Å². The number of rotatable bonds is 6. The van der Waals surface area contributed by atoms with Crippen molar-refractivity contribution in [2.45, 2.75) is 9.10 Å². The average Bonchev–Trinajstić information content (AvgIpc) is 3.19. The van der Waals surface area contributed by atoms with Gasteiger partial charge < -0.3 is 0 Å². The van der Waals surface area contributed by atoms with Gasteiger partial charge in [-0.15, -0.1) is 11.3 Å². The maximum Gasteiger partial charge on any atom is 0.273 e. The lowest BCUT2D eigenvalue weighted by Crippen LogP contribution is -2.27. The Hall–Kier alpha value is -2.59. The van der Waals surface area contributed by atoms with Gasteiger partial charge in [0.25, 0.3) is 20.0 Å². The number of benzene rings is 3. The van der Waals surface area contributed by atoms with Gasteiger partial charge in [-0.25, -0.2) is 16.8 Å². The molecule has 4 rings (SSSR count). The molecule has 1 aromatic heterocycles. The van der Waals surface area contributed by atoms with Crippen LogP contribution in [0, 0.1) is 0 Å². The van der Waals surface area contributed by atoms with Crippen LogP contribution >= 0.6 is 22.9 Å². The molecule has 0 unspecified atom stereocenters. The fraction of sp³-hybridized carbons (Fsp3) is 0.0476. The van der Waals surface area contributed by atoms with E-state index in [1.54, 1.807) is 24.3 Å². The first-order chi connectivity index (χ1) is 14.7. The quantitative estimate of drug-likeness (QED) is 0.402. The van der Waals surface area contributed by atoms with E-state index in [9.17, 15) is 16.8 Å². The summed E-state index contributed by atoms with van der Waals surface area (Å²) in [7, 11) is -6.45. The van der Waals surface area contributed by atoms with E-state index in [0.29, 0.717) is 5.02 Å². The molecule has 0 aliphatic carbocycles. The van der Waals surface area contributed by atoms with Crippen LogP contribution in [0.3, 0.4) is 0 Å². The van der Waals surface area contributed by atoms with Gasteiger partial charge in [-0.05, 0) is 53.9 Å². The Balaban J connectivity index is 1.71. The highest BCUT2D eigenvalue weighted by molar-refractivity contribution is 7.95. The predicted molar refractivity (Wildman–Crippen MR) is 126 cm³/mol. The van der Waals surface area contributed by atoms with Gasteiger partial charge in [-0.2, -0.15) is 0 Å². The molecule has 0 fully saturated rings. The molecule has 10 heteroatoms. The van der Waals surface area contributed by atoms with Gasteiger partial charge in [0.15, 0.2) is 0 Å². The van der Waals surface area contributed by atoms with E-state index in [1.165, 1.54) is 37.4 Å². The molecule has 31 heavy (non-hydrogen) atoms. The van der Waals surface area contributed by atoms with Gasteiger partial charge in [0.1, 0.15) is 4.21 Å². The second-order valence-corrected chi connectivity index (χ2v) is 12.1. The molecule has 0 aliphatic heterocycles. The fourth-order valence-corrected chi connectivity index (χ4v) is 6.99. The number of fused-ring (bicyclic) bond motifs is 1. The molecule has 0 spiro atoms. The molecule has 1 heterocycles. The van der Waals surface area contributed by atoms with E-state index in [4.69, 9.17) is 11.6 Å². The second kappa shape index (κ2) is 8.16. The molecule has 0 amide bonds. The molecule has 0 saturated carbocycles. The Morgan fingerprint density at radius 1 is 0.871 bits per heavy atom. The first kappa shape index (κ1) is 21.6. The molecule has 0 atom stereocenters. The van der Waals surface area contributed by atoms with Crippen LogP contribution in [0.15, 0.2) is 88.0 Å². The van der Waals surface area contributed by atoms with Gasteiger partial charge in [-0.1, -0.05) is 41.9 Å². The Morgan fingerprint density at radius 2 is 1.52 bits per heavy atom. The lowest BCUT2D eigenvalue weighted by molar-refractivity contribution is 0.595. The number of nitrogens with zero attached hydrogens (tertiary/aromatic N) is 1. The van der Waals surface area contributed by atoms with Crippen molar-refractivity contribution in [2.24, 2.45) is 0 Å². The molecule has 0 aliphatic rings. The maximum atomic E-state index is 13.3. The molecule has 0 radical (unpaired) electrons. The van der Waals surface area contributed by atoms with Crippen molar-refractivity contribution in [3.63, 3.8) is 0 Å². The third-order valence-corrected chi connectivity index (χ3v) is 9.60. The highest BCUT2D eigenvalue weighted by Crippen LogP contribution is 2.35. The van der Waals surface area contributed by atoms with Crippen molar-refractivity contribution >= 4 is 64.4 Å². The zero-order valence-electron chi connectivity index (χ0n) is 16.2. The predicted octanol–water partition coefficient (Wildman–Crippen LogP) is 5.18. The Morgan fingerprint density at radius 3 is 2.23 bits per heavy atom. The third-order valence-electron chi connectivity index (χ3n) is 4.63. The average molecular weight is 493 g/mol. The monoisotopic (exact) mass is 492 g/mol. The Kier molecular flexibility index (Phi) is 5.69.